The number of hydrogen-bond donors (Lipinski definition) is 0. The fourth-order valence-electron chi connectivity index (χ4n) is 4.13. The summed E-state index contributed by atoms with van der Waals surface area (Å²) in [5.74, 6) is 3.22. The Morgan fingerprint density at radius 2 is 1.93 bits per heavy atom. The molecule has 28 heavy (non-hydrogen) atoms. The lowest BCUT2D eigenvalue weighted by Crippen LogP contribution is -2.32. The average molecular weight is 399 g/mol. The van der Waals surface area contributed by atoms with Crippen LogP contribution in [0.1, 0.15) is 67.9 Å². The summed E-state index contributed by atoms with van der Waals surface area (Å²) >= 11 is 1.56. The van der Waals surface area contributed by atoms with Gasteiger partial charge in [0.05, 0.1) is 18.9 Å². The van der Waals surface area contributed by atoms with E-state index in [9.17, 15) is 4.79 Å². The lowest BCUT2D eigenvalue weighted by molar-refractivity contribution is -0.129. The molecule has 0 N–H and O–H groups in total. The van der Waals surface area contributed by atoms with Crippen LogP contribution in [0.3, 0.4) is 0 Å². The van der Waals surface area contributed by atoms with Crippen LogP contribution in [0.2, 0.25) is 0 Å². The van der Waals surface area contributed by atoms with E-state index in [1.807, 2.05) is 17.0 Å². The highest BCUT2D eigenvalue weighted by atomic mass is 32.2. The van der Waals surface area contributed by atoms with Crippen molar-refractivity contribution >= 4 is 17.7 Å². The topological polar surface area (TPSA) is 60.2 Å². The van der Waals surface area contributed by atoms with Crippen LogP contribution < -0.4 is 4.74 Å². The molecule has 2 aromatic rings. The van der Waals surface area contributed by atoms with E-state index in [-0.39, 0.29) is 11.9 Å². The molecule has 2 heterocycles. The van der Waals surface area contributed by atoms with Crippen molar-refractivity contribution in [1.82, 2.24) is 19.7 Å². The van der Waals surface area contributed by atoms with E-state index in [1.165, 1.54) is 31.2 Å². The minimum Gasteiger partial charge on any atom is -0.497 e. The van der Waals surface area contributed by atoms with E-state index >= 15 is 0 Å². The van der Waals surface area contributed by atoms with Gasteiger partial charge < -0.3 is 14.2 Å². The fourth-order valence-corrected chi connectivity index (χ4v) is 5.03. The lowest BCUT2D eigenvalue weighted by Gasteiger charge is -2.25. The maximum Gasteiger partial charge on any atom is 0.233 e. The standard InChI is InChI=1S/C21H26N4O2S/c1-27-17-10-6-14(7-11-17)18-3-2-12-24(18)19(26)13-28-21-23-22-20(15-4-5-15)25(21)16-8-9-16/h6-7,10-11,15-16,18H,2-5,8-9,12-13H2,1H3. The molecule has 5 rings (SSSR count). The number of likely N-dealkylation sites (tertiary alicyclic amines) is 1. The fraction of sp³-hybridized carbons (Fsp3) is 0.571. The maximum atomic E-state index is 13.0. The number of ether oxygens (including phenoxy) is 1. The summed E-state index contributed by atoms with van der Waals surface area (Å²) in [5, 5.41) is 9.80. The Morgan fingerprint density at radius 3 is 2.61 bits per heavy atom. The van der Waals surface area contributed by atoms with E-state index in [1.54, 1.807) is 18.9 Å². The van der Waals surface area contributed by atoms with E-state index < -0.39 is 0 Å². The van der Waals surface area contributed by atoms with Crippen molar-refractivity contribution in [3.05, 3.63) is 35.7 Å². The number of nitrogens with zero attached hydrogens (tertiary/aromatic N) is 4. The molecule has 1 unspecified atom stereocenters. The Morgan fingerprint density at radius 1 is 1.14 bits per heavy atom. The predicted octanol–water partition coefficient (Wildman–Crippen LogP) is 3.95. The minimum absolute atomic E-state index is 0.169. The highest BCUT2D eigenvalue weighted by Crippen LogP contribution is 2.46. The van der Waals surface area contributed by atoms with Gasteiger partial charge in [-0.2, -0.15) is 0 Å². The van der Waals surface area contributed by atoms with Gasteiger partial charge in [0.1, 0.15) is 11.6 Å². The normalized spacial score (nSPS) is 21.9. The van der Waals surface area contributed by atoms with Gasteiger partial charge in [-0.3, -0.25) is 4.79 Å². The number of thioether (sulfide) groups is 1. The van der Waals surface area contributed by atoms with Gasteiger partial charge in [0.25, 0.3) is 0 Å². The van der Waals surface area contributed by atoms with Crippen LogP contribution in [0, 0.1) is 0 Å². The highest BCUT2D eigenvalue weighted by molar-refractivity contribution is 7.99. The quantitative estimate of drug-likeness (QED) is 0.661. The molecule has 0 bridgehead atoms. The molecule has 0 radical (unpaired) electrons. The summed E-state index contributed by atoms with van der Waals surface area (Å²) in [5.41, 5.74) is 1.19. The second kappa shape index (κ2) is 7.43. The molecular weight excluding hydrogens is 372 g/mol. The van der Waals surface area contributed by atoms with Crippen LogP contribution >= 0.6 is 11.8 Å². The molecule has 6 nitrogen and oxygen atoms in total. The summed E-state index contributed by atoms with van der Waals surface area (Å²) in [6.45, 7) is 0.832. The Hall–Kier alpha value is -2.02. The van der Waals surface area contributed by atoms with Gasteiger partial charge in [0, 0.05) is 18.5 Å². The molecule has 1 atom stereocenters. The van der Waals surface area contributed by atoms with Crippen LogP contribution in [0.4, 0.5) is 0 Å². The molecule has 1 aliphatic heterocycles. The second-order valence-corrected chi connectivity index (χ2v) is 8.97. The first-order valence-corrected chi connectivity index (χ1v) is 11.2. The SMILES string of the molecule is COc1ccc(C2CCCN2C(=O)CSc2nnc(C3CC3)n2C2CC2)cc1. The Kier molecular flexibility index (Phi) is 4.78. The number of methoxy groups -OCH3 is 1. The summed E-state index contributed by atoms with van der Waals surface area (Å²) in [6.07, 6.45) is 6.96. The van der Waals surface area contributed by atoms with Gasteiger partial charge in [-0.1, -0.05) is 23.9 Å². The Bertz CT molecular complexity index is 858. The van der Waals surface area contributed by atoms with E-state index in [4.69, 9.17) is 4.74 Å². The average Bonchev–Trinajstić information content (AvgIpc) is 3.66. The van der Waals surface area contributed by atoms with Crippen LogP contribution in [-0.2, 0) is 4.79 Å². The summed E-state index contributed by atoms with van der Waals surface area (Å²) in [6, 6.07) is 8.83. The third-order valence-corrected chi connectivity index (χ3v) is 6.87. The molecule has 1 aromatic carbocycles. The molecular formula is C21H26N4O2S. The van der Waals surface area contributed by atoms with Gasteiger partial charge in [-0.25, -0.2) is 0 Å². The second-order valence-electron chi connectivity index (χ2n) is 8.02. The number of carbonyl (C=O) groups is 1. The van der Waals surface area contributed by atoms with Crippen molar-refractivity contribution in [3.8, 4) is 5.75 Å². The number of amides is 1. The predicted molar refractivity (Wildman–Crippen MR) is 108 cm³/mol. The molecule has 3 fully saturated rings. The lowest BCUT2D eigenvalue weighted by atomic mass is 10.0. The molecule has 2 aliphatic carbocycles. The molecule has 148 valence electrons. The minimum atomic E-state index is 0.169. The molecule has 2 saturated carbocycles. The molecule has 3 aliphatic rings. The number of carbonyl (C=O) groups excluding carboxylic acids is 1. The van der Waals surface area contributed by atoms with Crippen molar-refractivity contribution in [3.63, 3.8) is 0 Å². The largest absolute Gasteiger partial charge is 0.497 e. The highest BCUT2D eigenvalue weighted by Gasteiger charge is 2.37. The first-order valence-electron chi connectivity index (χ1n) is 10.3. The van der Waals surface area contributed by atoms with E-state index in [2.05, 4.69) is 26.9 Å². The van der Waals surface area contributed by atoms with Gasteiger partial charge in [0.2, 0.25) is 5.91 Å². The summed E-state index contributed by atoms with van der Waals surface area (Å²) < 4.78 is 7.57. The van der Waals surface area contributed by atoms with Crippen molar-refractivity contribution in [1.29, 1.82) is 0 Å². The van der Waals surface area contributed by atoms with Crippen LogP contribution in [0.25, 0.3) is 0 Å². The first-order chi connectivity index (χ1) is 13.7. The van der Waals surface area contributed by atoms with Gasteiger partial charge in [-0.05, 0) is 56.2 Å². The Balaban J connectivity index is 1.26. The third kappa shape index (κ3) is 3.52. The van der Waals surface area contributed by atoms with Crippen LogP contribution in [0.5, 0.6) is 5.75 Å². The zero-order valence-electron chi connectivity index (χ0n) is 16.2. The molecule has 0 spiro atoms. The third-order valence-electron chi connectivity index (χ3n) is 5.94. The van der Waals surface area contributed by atoms with Crippen molar-refractivity contribution in [2.45, 2.75) is 61.7 Å². The van der Waals surface area contributed by atoms with Crippen LogP contribution in [0.15, 0.2) is 29.4 Å². The number of rotatable bonds is 7. The molecule has 7 heteroatoms. The number of hydrogen-bond acceptors (Lipinski definition) is 5. The number of aromatic nitrogens is 3. The first kappa shape index (κ1) is 18.0. The summed E-state index contributed by atoms with van der Waals surface area (Å²) in [7, 11) is 1.67. The van der Waals surface area contributed by atoms with Gasteiger partial charge in [-0.15, -0.1) is 10.2 Å². The molecule has 1 aromatic heterocycles. The monoisotopic (exact) mass is 398 g/mol. The smallest absolute Gasteiger partial charge is 0.233 e. The maximum absolute atomic E-state index is 13.0. The zero-order valence-corrected chi connectivity index (χ0v) is 17.0. The molecule has 1 saturated heterocycles. The van der Waals surface area contributed by atoms with Gasteiger partial charge in [0.15, 0.2) is 5.16 Å². The van der Waals surface area contributed by atoms with Crippen molar-refractivity contribution in [2.75, 3.05) is 19.4 Å². The Labute approximate surface area is 169 Å². The van der Waals surface area contributed by atoms with Crippen molar-refractivity contribution in [2.24, 2.45) is 0 Å². The van der Waals surface area contributed by atoms with E-state index in [0.717, 1.165) is 36.1 Å². The van der Waals surface area contributed by atoms with Crippen LogP contribution in [-0.4, -0.2) is 45.0 Å². The zero-order chi connectivity index (χ0) is 19.1. The van der Waals surface area contributed by atoms with Crippen molar-refractivity contribution < 1.29 is 9.53 Å². The number of benzene rings is 1. The molecule has 1 amide bonds. The van der Waals surface area contributed by atoms with Gasteiger partial charge >= 0.3 is 0 Å². The van der Waals surface area contributed by atoms with E-state index in [0.29, 0.717) is 17.7 Å². The summed E-state index contributed by atoms with van der Waals surface area (Å²) in [4.78, 5) is 15.0.